The Labute approximate surface area is 123 Å². The minimum Gasteiger partial charge on any atom is -0.470 e. The van der Waals surface area contributed by atoms with E-state index in [1.165, 1.54) is 11.8 Å². The first-order chi connectivity index (χ1) is 9.33. The lowest BCUT2D eigenvalue weighted by Gasteiger charge is -2.21. The third-order valence-electron chi connectivity index (χ3n) is 2.22. The van der Waals surface area contributed by atoms with Crippen molar-refractivity contribution in [3.8, 4) is 5.88 Å². The van der Waals surface area contributed by atoms with Gasteiger partial charge in [0, 0.05) is 12.4 Å². The monoisotopic (exact) mass is 290 g/mol. The van der Waals surface area contributed by atoms with E-state index in [9.17, 15) is 0 Å². The van der Waals surface area contributed by atoms with Crippen LogP contribution < -0.4 is 10.5 Å². The summed E-state index contributed by atoms with van der Waals surface area (Å²) in [6.07, 6.45) is 3.55. The van der Waals surface area contributed by atoms with Crippen LogP contribution >= 0.6 is 11.8 Å². The third-order valence-corrected chi connectivity index (χ3v) is 3.05. The molecule has 0 aliphatic heterocycles. The van der Waals surface area contributed by atoms with Crippen LogP contribution in [0.1, 0.15) is 26.3 Å². The van der Waals surface area contributed by atoms with Gasteiger partial charge in [-0.3, -0.25) is 0 Å². The van der Waals surface area contributed by atoms with Crippen molar-refractivity contribution in [3.63, 3.8) is 0 Å². The highest BCUT2D eigenvalue weighted by Gasteiger charge is 2.16. The number of nitrogens with two attached hydrogens (primary N) is 1. The molecular formula is C14H18N4OS. The lowest BCUT2D eigenvalue weighted by atomic mass is 10.2. The van der Waals surface area contributed by atoms with Gasteiger partial charge in [-0.2, -0.15) is 0 Å². The number of aromatic nitrogens is 3. The Morgan fingerprint density at radius 3 is 2.40 bits per heavy atom. The average Bonchev–Trinajstić information content (AvgIpc) is 2.34. The van der Waals surface area contributed by atoms with Crippen molar-refractivity contribution < 1.29 is 4.74 Å². The molecule has 0 saturated carbocycles. The maximum absolute atomic E-state index is 5.88. The van der Waals surface area contributed by atoms with Gasteiger partial charge in [0.15, 0.2) is 5.16 Å². The van der Waals surface area contributed by atoms with Gasteiger partial charge in [-0.25, -0.2) is 15.0 Å². The molecule has 0 aromatic carbocycles. The molecule has 0 bridgehead atoms. The predicted octanol–water partition coefficient (Wildman–Crippen LogP) is 3.09. The number of pyridine rings is 1. The summed E-state index contributed by atoms with van der Waals surface area (Å²) in [5.74, 6) is 0.439. The van der Waals surface area contributed by atoms with Crippen LogP contribution in [0.4, 0.5) is 5.69 Å². The Morgan fingerprint density at radius 1 is 1.15 bits per heavy atom. The summed E-state index contributed by atoms with van der Waals surface area (Å²) in [4.78, 5) is 12.9. The molecule has 0 radical (unpaired) electrons. The average molecular weight is 290 g/mol. The molecule has 0 fully saturated rings. The van der Waals surface area contributed by atoms with Crippen molar-refractivity contribution in [1.29, 1.82) is 0 Å². The first-order valence-corrected chi connectivity index (χ1v) is 7.07. The van der Waals surface area contributed by atoms with Gasteiger partial charge in [-0.15, -0.1) is 0 Å². The first-order valence-electron chi connectivity index (χ1n) is 6.25. The molecule has 6 heteroatoms. The van der Waals surface area contributed by atoms with Gasteiger partial charge >= 0.3 is 0 Å². The van der Waals surface area contributed by atoms with Crippen molar-refractivity contribution in [2.75, 3.05) is 5.73 Å². The maximum atomic E-state index is 5.88. The van der Waals surface area contributed by atoms with Crippen molar-refractivity contribution in [2.24, 2.45) is 0 Å². The highest BCUT2D eigenvalue weighted by atomic mass is 32.2. The Balaban J connectivity index is 2.20. The summed E-state index contributed by atoms with van der Waals surface area (Å²) in [6, 6.07) is 3.61. The van der Waals surface area contributed by atoms with Gasteiger partial charge in [-0.05, 0) is 57.2 Å². The standard InChI is InChI=1S/C14H18N4OS/c1-9-7-16-13(17-8-9)20-11-6-5-10(15)12(18-11)19-14(2,3)4/h5-8H,15H2,1-4H3. The Kier molecular flexibility index (Phi) is 4.13. The second-order valence-electron chi connectivity index (χ2n) is 5.40. The van der Waals surface area contributed by atoms with Crippen LogP contribution in [-0.4, -0.2) is 20.6 Å². The van der Waals surface area contributed by atoms with Gasteiger partial charge in [0.2, 0.25) is 5.88 Å². The quantitative estimate of drug-likeness (QED) is 0.876. The zero-order valence-corrected chi connectivity index (χ0v) is 12.9. The summed E-state index contributed by atoms with van der Waals surface area (Å²) in [5.41, 5.74) is 7.09. The van der Waals surface area contributed by atoms with Gasteiger partial charge in [0.1, 0.15) is 10.6 Å². The van der Waals surface area contributed by atoms with Crippen LogP contribution in [-0.2, 0) is 0 Å². The molecule has 0 amide bonds. The van der Waals surface area contributed by atoms with E-state index in [0.717, 1.165) is 10.6 Å². The fraction of sp³-hybridized carbons (Fsp3) is 0.357. The molecule has 2 heterocycles. The molecule has 0 unspecified atom stereocenters. The van der Waals surface area contributed by atoms with Gasteiger partial charge < -0.3 is 10.5 Å². The molecule has 0 aliphatic carbocycles. The normalized spacial score (nSPS) is 11.4. The highest BCUT2D eigenvalue weighted by molar-refractivity contribution is 7.99. The lowest BCUT2D eigenvalue weighted by Crippen LogP contribution is -2.24. The molecule has 0 saturated heterocycles. The van der Waals surface area contributed by atoms with Crippen LogP contribution in [0.5, 0.6) is 5.88 Å². The largest absolute Gasteiger partial charge is 0.470 e. The van der Waals surface area contributed by atoms with Crippen LogP contribution in [0.3, 0.4) is 0 Å². The molecule has 0 atom stereocenters. The highest BCUT2D eigenvalue weighted by Crippen LogP contribution is 2.29. The Bertz CT molecular complexity index is 593. The molecule has 106 valence electrons. The van der Waals surface area contributed by atoms with E-state index in [2.05, 4.69) is 15.0 Å². The topological polar surface area (TPSA) is 73.9 Å². The summed E-state index contributed by atoms with van der Waals surface area (Å²) in [6.45, 7) is 7.82. The van der Waals surface area contributed by atoms with Crippen LogP contribution in [0.15, 0.2) is 34.7 Å². The minimum atomic E-state index is -0.342. The van der Waals surface area contributed by atoms with Crippen molar-refractivity contribution in [1.82, 2.24) is 15.0 Å². The van der Waals surface area contributed by atoms with Gasteiger partial charge in [-0.1, -0.05) is 0 Å². The van der Waals surface area contributed by atoms with E-state index in [0.29, 0.717) is 16.7 Å². The van der Waals surface area contributed by atoms with Crippen molar-refractivity contribution >= 4 is 17.4 Å². The van der Waals surface area contributed by atoms with Gasteiger partial charge in [0.05, 0.1) is 5.69 Å². The summed E-state index contributed by atoms with van der Waals surface area (Å²) >= 11 is 1.38. The zero-order chi connectivity index (χ0) is 14.8. The number of rotatable bonds is 3. The van der Waals surface area contributed by atoms with E-state index < -0.39 is 0 Å². The summed E-state index contributed by atoms with van der Waals surface area (Å²) in [5, 5.41) is 1.40. The molecule has 20 heavy (non-hydrogen) atoms. The number of anilines is 1. The number of hydrogen-bond donors (Lipinski definition) is 1. The summed E-state index contributed by atoms with van der Waals surface area (Å²) < 4.78 is 5.74. The number of ether oxygens (including phenoxy) is 1. The predicted molar refractivity (Wildman–Crippen MR) is 79.9 cm³/mol. The second kappa shape index (κ2) is 5.66. The minimum absolute atomic E-state index is 0.342. The second-order valence-corrected chi connectivity index (χ2v) is 6.39. The molecule has 5 nitrogen and oxygen atoms in total. The van der Waals surface area contributed by atoms with Crippen LogP contribution in [0.2, 0.25) is 0 Å². The lowest BCUT2D eigenvalue weighted by molar-refractivity contribution is 0.124. The van der Waals surface area contributed by atoms with Crippen molar-refractivity contribution in [3.05, 3.63) is 30.1 Å². The van der Waals surface area contributed by atoms with E-state index in [1.807, 2.05) is 33.8 Å². The molecule has 2 aromatic heterocycles. The summed E-state index contributed by atoms with van der Waals surface area (Å²) in [7, 11) is 0. The fourth-order valence-electron chi connectivity index (χ4n) is 1.39. The van der Waals surface area contributed by atoms with Crippen LogP contribution in [0, 0.1) is 6.92 Å². The fourth-order valence-corrected chi connectivity index (χ4v) is 2.05. The molecular weight excluding hydrogens is 272 g/mol. The molecule has 2 rings (SSSR count). The van der Waals surface area contributed by atoms with E-state index in [4.69, 9.17) is 10.5 Å². The number of hydrogen-bond acceptors (Lipinski definition) is 6. The van der Waals surface area contributed by atoms with E-state index in [1.54, 1.807) is 18.5 Å². The zero-order valence-electron chi connectivity index (χ0n) is 12.0. The van der Waals surface area contributed by atoms with Crippen LogP contribution in [0.25, 0.3) is 0 Å². The molecule has 0 aliphatic rings. The number of nitrogens with zero attached hydrogens (tertiary/aromatic N) is 3. The van der Waals surface area contributed by atoms with E-state index in [-0.39, 0.29) is 5.60 Å². The number of aryl methyl sites for hydroxylation is 1. The smallest absolute Gasteiger partial charge is 0.238 e. The molecule has 2 aromatic rings. The third kappa shape index (κ3) is 4.09. The number of nitrogen functional groups attached to an aromatic ring is 1. The maximum Gasteiger partial charge on any atom is 0.238 e. The molecule has 0 spiro atoms. The van der Waals surface area contributed by atoms with Gasteiger partial charge in [0.25, 0.3) is 0 Å². The van der Waals surface area contributed by atoms with Crippen molar-refractivity contribution in [2.45, 2.75) is 43.5 Å². The first kappa shape index (κ1) is 14.6. The Morgan fingerprint density at radius 2 is 1.80 bits per heavy atom. The molecule has 2 N–H and O–H groups in total. The SMILES string of the molecule is Cc1cnc(Sc2ccc(N)c(OC(C)(C)C)n2)nc1. The van der Waals surface area contributed by atoms with E-state index >= 15 is 0 Å². The Hall–Kier alpha value is -1.82.